The molecule has 0 radical (unpaired) electrons. The Hall–Kier alpha value is -2.22. The van der Waals surface area contributed by atoms with Crippen LogP contribution in [-0.2, 0) is 14.3 Å². The van der Waals surface area contributed by atoms with E-state index in [1.54, 1.807) is 34.9 Å². The fourth-order valence-corrected chi connectivity index (χ4v) is 4.80. The van der Waals surface area contributed by atoms with Gasteiger partial charge < -0.3 is 19.1 Å². The molecule has 3 aliphatic rings. The van der Waals surface area contributed by atoms with E-state index in [0.29, 0.717) is 29.2 Å². The van der Waals surface area contributed by atoms with Gasteiger partial charge in [-0.1, -0.05) is 0 Å². The van der Waals surface area contributed by atoms with Gasteiger partial charge in [-0.05, 0) is 31.5 Å². The van der Waals surface area contributed by atoms with Gasteiger partial charge in [-0.3, -0.25) is 9.59 Å². The van der Waals surface area contributed by atoms with E-state index < -0.39 is 12.0 Å². The van der Waals surface area contributed by atoms with Crippen LogP contribution in [0.15, 0.2) is 18.2 Å². The van der Waals surface area contributed by atoms with Gasteiger partial charge in [0.05, 0.1) is 4.87 Å². The van der Waals surface area contributed by atoms with Gasteiger partial charge in [-0.2, -0.15) is 0 Å². The Labute approximate surface area is 148 Å². The lowest BCUT2D eigenvalue weighted by Crippen LogP contribution is -2.46. The molecule has 2 atom stereocenters. The summed E-state index contributed by atoms with van der Waals surface area (Å²) in [6.07, 6.45) is 1.18. The molecule has 0 N–H and O–H groups in total. The van der Waals surface area contributed by atoms with E-state index in [9.17, 15) is 14.4 Å². The maximum Gasteiger partial charge on any atom is 0.330 e. The molecule has 2 fully saturated rings. The highest BCUT2D eigenvalue weighted by Crippen LogP contribution is 2.47. The van der Waals surface area contributed by atoms with Gasteiger partial charge in [0.1, 0.15) is 6.04 Å². The molecule has 0 spiro atoms. The Morgan fingerprint density at radius 1 is 1.36 bits per heavy atom. The number of thioether (sulfide) groups is 1. The minimum Gasteiger partial charge on any atom is -0.456 e. The molecule has 4 rings (SSSR count). The average Bonchev–Trinajstić information content (AvgIpc) is 3.27. The molecular formula is C17H17NO6S. The van der Waals surface area contributed by atoms with E-state index in [1.807, 2.05) is 6.92 Å². The third-order valence-corrected chi connectivity index (χ3v) is 6.26. The highest BCUT2D eigenvalue weighted by atomic mass is 32.2. The highest BCUT2D eigenvalue weighted by Gasteiger charge is 2.53. The smallest absolute Gasteiger partial charge is 0.330 e. The minimum atomic E-state index is -0.616. The van der Waals surface area contributed by atoms with Crippen LogP contribution in [0.4, 0.5) is 0 Å². The number of benzene rings is 1. The second-order valence-electron chi connectivity index (χ2n) is 6.36. The maximum atomic E-state index is 12.4. The molecule has 25 heavy (non-hydrogen) atoms. The zero-order chi connectivity index (χ0) is 17.6. The van der Waals surface area contributed by atoms with E-state index in [2.05, 4.69) is 0 Å². The molecule has 0 aromatic heterocycles. The van der Waals surface area contributed by atoms with Gasteiger partial charge in [-0.15, -0.1) is 11.8 Å². The fraction of sp³-hybridized carbons (Fsp3) is 0.471. The number of fused-ring (bicyclic) bond motifs is 2. The first-order valence-corrected chi connectivity index (χ1v) is 9.02. The van der Waals surface area contributed by atoms with Crippen molar-refractivity contribution in [3.63, 3.8) is 0 Å². The van der Waals surface area contributed by atoms with E-state index in [1.165, 1.54) is 0 Å². The summed E-state index contributed by atoms with van der Waals surface area (Å²) in [5.41, 5.74) is 0.389. The molecule has 3 aliphatic heterocycles. The monoisotopic (exact) mass is 363 g/mol. The van der Waals surface area contributed by atoms with Gasteiger partial charge in [0.2, 0.25) is 12.7 Å². The zero-order valence-corrected chi connectivity index (χ0v) is 14.5. The number of Topliss-reactive ketones (excluding diaryl/α,β-unsaturated/α-hetero) is 1. The Kier molecular flexibility index (Phi) is 3.87. The van der Waals surface area contributed by atoms with Crippen LogP contribution >= 0.6 is 11.8 Å². The van der Waals surface area contributed by atoms with Crippen molar-refractivity contribution in [1.82, 2.24) is 4.90 Å². The number of rotatable bonds is 4. The Balaban J connectivity index is 1.39. The second-order valence-corrected chi connectivity index (χ2v) is 7.87. The van der Waals surface area contributed by atoms with Gasteiger partial charge in [0.25, 0.3) is 0 Å². The third-order valence-electron chi connectivity index (χ3n) is 4.76. The lowest BCUT2D eigenvalue weighted by atomic mass is 10.1. The van der Waals surface area contributed by atoms with Crippen molar-refractivity contribution in [2.24, 2.45) is 0 Å². The van der Waals surface area contributed by atoms with Crippen LogP contribution in [0.1, 0.15) is 30.1 Å². The molecule has 132 valence electrons. The summed E-state index contributed by atoms with van der Waals surface area (Å²) in [5.74, 6) is 0.704. The van der Waals surface area contributed by atoms with Crippen molar-refractivity contribution in [3.8, 4) is 11.5 Å². The summed E-state index contributed by atoms with van der Waals surface area (Å²) >= 11 is 1.59. The molecular weight excluding hydrogens is 346 g/mol. The first kappa shape index (κ1) is 16.3. The molecule has 1 aromatic carbocycles. The minimum absolute atomic E-state index is 0.0310. The number of hydrogen-bond acceptors (Lipinski definition) is 7. The first-order valence-electron chi connectivity index (χ1n) is 8.03. The fourth-order valence-electron chi connectivity index (χ4n) is 3.38. The highest BCUT2D eigenvalue weighted by molar-refractivity contribution is 8.01. The summed E-state index contributed by atoms with van der Waals surface area (Å²) in [6, 6.07) is 4.22. The Morgan fingerprint density at radius 2 is 2.16 bits per heavy atom. The Morgan fingerprint density at radius 3 is 3.00 bits per heavy atom. The van der Waals surface area contributed by atoms with Crippen LogP contribution in [0, 0.1) is 0 Å². The molecule has 2 saturated heterocycles. The van der Waals surface area contributed by atoms with Crippen molar-refractivity contribution in [3.05, 3.63) is 23.8 Å². The summed E-state index contributed by atoms with van der Waals surface area (Å²) in [4.78, 5) is 38.0. The molecule has 0 aliphatic carbocycles. The summed E-state index contributed by atoms with van der Waals surface area (Å²) < 4.78 is 15.6. The number of carbonyl (C=O) groups is 3. The summed E-state index contributed by atoms with van der Waals surface area (Å²) in [6.45, 7) is 1.73. The SMILES string of the molecule is C[C@]12CCC(=O)N1[C@@H](C(=O)OCC(=O)c1ccc3c(c1)OCO3)CS2. The van der Waals surface area contributed by atoms with Crippen LogP contribution in [-0.4, -0.2) is 52.6 Å². The topological polar surface area (TPSA) is 82.1 Å². The molecule has 0 saturated carbocycles. The van der Waals surface area contributed by atoms with Gasteiger partial charge in [0.15, 0.2) is 23.9 Å². The predicted octanol–water partition coefficient (Wildman–Crippen LogP) is 1.60. The number of esters is 1. The van der Waals surface area contributed by atoms with Crippen molar-refractivity contribution in [2.75, 3.05) is 19.2 Å². The average molecular weight is 363 g/mol. The number of nitrogens with zero attached hydrogens (tertiary/aromatic N) is 1. The first-order chi connectivity index (χ1) is 12.0. The molecule has 1 amide bonds. The quantitative estimate of drug-likeness (QED) is 0.593. The zero-order valence-electron chi connectivity index (χ0n) is 13.6. The van der Waals surface area contributed by atoms with E-state index in [-0.39, 0.29) is 30.0 Å². The molecule has 3 heterocycles. The van der Waals surface area contributed by atoms with Gasteiger partial charge >= 0.3 is 5.97 Å². The molecule has 0 bridgehead atoms. The van der Waals surface area contributed by atoms with Crippen molar-refractivity contribution in [1.29, 1.82) is 0 Å². The van der Waals surface area contributed by atoms with Crippen LogP contribution < -0.4 is 9.47 Å². The van der Waals surface area contributed by atoms with Crippen LogP contribution in [0.3, 0.4) is 0 Å². The predicted molar refractivity (Wildman–Crippen MR) is 88.6 cm³/mol. The summed E-state index contributed by atoms with van der Waals surface area (Å²) in [5, 5.41) is 0. The van der Waals surface area contributed by atoms with Gasteiger partial charge in [-0.25, -0.2) is 4.79 Å². The molecule has 1 aromatic rings. The van der Waals surface area contributed by atoms with Crippen molar-refractivity contribution in [2.45, 2.75) is 30.7 Å². The lowest BCUT2D eigenvalue weighted by molar-refractivity contribution is -0.152. The largest absolute Gasteiger partial charge is 0.456 e. The van der Waals surface area contributed by atoms with Crippen LogP contribution in [0.2, 0.25) is 0 Å². The molecule has 8 heteroatoms. The van der Waals surface area contributed by atoms with Crippen LogP contribution in [0.25, 0.3) is 0 Å². The number of ether oxygens (including phenoxy) is 3. The normalized spacial score (nSPS) is 26.7. The second kappa shape index (κ2) is 5.94. The lowest BCUT2D eigenvalue weighted by Gasteiger charge is -2.29. The summed E-state index contributed by atoms with van der Waals surface area (Å²) in [7, 11) is 0. The standard InChI is InChI=1S/C17H17NO6S/c1-17-5-4-15(20)18(17)11(8-25-17)16(21)22-7-12(19)10-2-3-13-14(6-10)24-9-23-13/h2-3,6,11H,4-5,7-9H2,1H3/t11-,17+/m1/s1. The number of ketones is 1. The maximum absolute atomic E-state index is 12.4. The Bertz CT molecular complexity index is 766. The van der Waals surface area contributed by atoms with Gasteiger partial charge in [0, 0.05) is 17.7 Å². The van der Waals surface area contributed by atoms with Crippen LogP contribution in [0.5, 0.6) is 11.5 Å². The van der Waals surface area contributed by atoms with E-state index in [4.69, 9.17) is 14.2 Å². The van der Waals surface area contributed by atoms with Crippen molar-refractivity contribution < 1.29 is 28.6 Å². The number of amides is 1. The van der Waals surface area contributed by atoms with E-state index >= 15 is 0 Å². The molecule has 0 unspecified atom stereocenters. The third kappa shape index (κ3) is 2.74. The molecule has 7 nitrogen and oxygen atoms in total. The van der Waals surface area contributed by atoms with Crippen molar-refractivity contribution >= 4 is 29.4 Å². The number of carbonyl (C=O) groups excluding carboxylic acids is 3. The van der Waals surface area contributed by atoms with E-state index in [0.717, 1.165) is 6.42 Å². The number of hydrogen-bond donors (Lipinski definition) is 0.